The van der Waals surface area contributed by atoms with E-state index in [0.717, 1.165) is 12.0 Å². The number of carbonyl (C=O) groups is 1. The van der Waals surface area contributed by atoms with E-state index in [-0.39, 0.29) is 5.88 Å². The molecule has 0 aliphatic carbocycles. The van der Waals surface area contributed by atoms with E-state index in [0.29, 0.717) is 23.3 Å². The molecule has 0 bridgehead atoms. The summed E-state index contributed by atoms with van der Waals surface area (Å²) < 4.78 is 4.94. The van der Waals surface area contributed by atoms with Crippen LogP contribution in [0.15, 0.2) is 12.1 Å². The number of halogens is 1. The van der Waals surface area contributed by atoms with Crippen LogP contribution in [0.25, 0.3) is 0 Å². The normalized spacial score (nSPS) is 9.76. The number of benzene rings is 1. The summed E-state index contributed by atoms with van der Waals surface area (Å²) in [5, 5.41) is 9.14. The summed E-state index contributed by atoms with van der Waals surface area (Å²) in [5.74, 6) is -0.299. The van der Waals surface area contributed by atoms with Crippen molar-refractivity contribution in [1.29, 1.82) is 5.26 Å². The van der Waals surface area contributed by atoms with Gasteiger partial charge < -0.3 is 4.74 Å². The van der Waals surface area contributed by atoms with E-state index in [2.05, 4.69) is 6.07 Å². The van der Waals surface area contributed by atoms with Crippen LogP contribution in [0.3, 0.4) is 0 Å². The molecule has 1 rings (SSSR count). The summed E-state index contributed by atoms with van der Waals surface area (Å²) in [6.45, 7) is 4.00. The quantitative estimate of drug-likeness (QED) is 0.610. The van der Waals surface area contributed by atoms with Gasteiger partial charge in [-0.25, -0.2) is 4.79 Å². The molecule has 90 valence electrons. The van der Waals surface area contributed by atoms with E-state index in [1.807, 2.05) is 6.92 Å². The molecule has 17 heavy (non-hydrogen) atoms. The van der Waals surface area contributed by atoms with Crippen LogP contribution in [0.5, 0.6) is 0 Å². The molecule has 0 spiro atoms. The molecule has 1 aromatic rings. The molecule has 0 N–H and O–H groups in total. The molecule has 0 radical (unpaired) electrons. The van der Waals surface area contributed by atoms with Gasteiger partial charge in [-0.2, -0.15) is 5.26 Å². The predicted molar refractivity (Wildman–Crippen MR) is 66.0 cm³/mol. The van der Waals surface area contributed by atoms with Crippen molar-refractivity contribution < 1.29 is 9.53 Å². The van der Waals surface area contributed by atoms with Gasteiger partial charge in [0, 0.05) is 5.88 Å². The fourth-order valence-electron chi connectivity index (χ4n) is 1.67. The van der Waals surface area contributed by atoms with Crippen molar-refractivity contribution in [1.82, 2.24) is 0 Å². The summed E-state index contributed by atoms with van der Waals surface area (Å²) in [4.78, 5) is 11.7. The number of esters is 1. The van der Waals surface area contributed by atoms with Crippen molar-refractivity contribution in [3.8, 4) is 6.07 Å². The van der Waals surface area contributed by atoms with Gasteiger partial charge in [0.25, 0.3) is 0 Å². The van der Waals surface area contributed by atoms with Crippen molar-refractivity contribution in [3.63, 3.8) is 0 Å². The average molecular weight is 252 g/mol. The first-order chi connectivity index (χ1) is 8.19. The number of nitrogens with zero attached hydrogens (tertiary/aromatic N) is 1. The zero-order valence-electron chi connectivity index (χ0n) is 9.92. The fourth-order valence-corrected chi connectivity index (χ4v) is 1.95. The molecule has 0 aliphatic rings. The molecule has 3 nitrogen and oxygen atoms in total. The van der Waals surface area contributed by atoms with Crippen LogP contribution >= 0.6 is 11.6 Å². The summed E-state index contributed by atoms with van der Waals surface area (Å²) in [6.07, 6.45) is 0.732. The molecular formula is C13H14ClNO2. The van der Waals surface area contributed by atoms with Gasteiger partial charge in [-0.15, -0.1) is 11.6 Å². The maximum atomic E-state index is 11.7. The minimum atomic E-state index is -0.428. The van der Waals surface area contributed by atoms with Gasteiger partial charge in [-0.05, 0) is 30.5 Å². The summed E-state index contributed by atoms with van der Waals surface area (Å²) >= 11 is 5.83. The highest BCUT2D eigenvalue weighted by Crippen LogP contribution is 2.22. The standard InChI is InChI=1S/C13H14ClNO2/c1-3-9-5-6-10(13(16)17-4-2)11(7-14)12(9)8-15/h5-6H,3-4,7H2,1-2H3. The number of hydrogen-bond donors (Lipinski definition) is 0. The third-order valence-electron chi connectivity index (χ3n) is 2.52. The number of hydrogen-bond acceptors (Lipinski definition) is 3. The van der Waals surface area contributed by atoms with Gasteiger partial charge >= 0.3 is 5.97 Å². The maximum Gasteiger partial charge on any atom is 0.338 e. The Bertz CT molecular complexity index is 463. The first-order valence-corrected chi connectivity index (χ1v) is 6.00. The Labute approximate surface area is 106 Å². The van der Waals surface area contributed by atoms with Gasteiger partial charge in [0.2, 0.25) is 0 Å². The number of rotatable bonds is 4. The average Bonchev–Trinajstić information content (AvgIpc) is 2.36. The molecule has 0 saturated carbocycles. The minimum absolute atomic E-state index is 0.130. The van der Waals surface area contributed by atoms with E-state index in [9.17, 15) is 4.79 Å². The van der Waals surface area contributed by atoms with E-state index in [1.54, 1.807) is 19.1 Å². The Morgan fingerprint density at radius 2 is 2.18 bits per heavy atom. The molecule has 0 heterocycles. The van der Waals surface area contributed by atoms with Crippen LogP contribution in [0.4, 0.5) is 0 Å². The highest BCUT2D eigenvalue weighted by molar-refractivity contribution is 6.18. The Hall–Kier alpha value is -1.53. The number of ether oxygens (including phenoxy) is 1. The molecule has 0 aromatic heterocycles. The van der Waals surface area contributed by atoms with Gasteiger partial charge in [0.15, 0.2) is 0 Å². The Morgan fingerprint density at radius 1 is 1.47 bits per heavy atom. The summed E-state index contributed by atoms with van der Waals surface area (Å²) in [7, 11) is 0. The second kappa shape index (κ2) is 6.27. The molecule has 4 heteroatoms. The van der Waals surface area contributed by atoms with Gasteiger partial charge in [0.05, 0.1) is 23.8 Å². The van der Waals surface area contributed by atoms with Crippen LogP contribution in [0.1, 0.15) is 40.9 Å². The lowest BCUT2D eigenvalue weighted by molar-refractivity contribution is 0.0525. The molecule has 0 amide bonds. The van der Waals surface area contributed by atoms with E-state index in [1.165, 1.54) is 0 Å². The molecule has 0 saturated heterocycles. The monoisotopic (exact) mass is 251 g/mol. The first-order valence-electron chi connectivity index (χ1n) is 5.47. The second-order valence-electron chi connectivity index (χ2n) is 3.45. The van der Waals surface area contributed by atoms with Crippen LogP contribution < -0.4 is 0 Å². The summed E-state index contributed by atoms with van der Waals surface area (Å²) in [6, 6.07) is 5.57. The van der Waals surface area contributed by atoms with Crippen LogP contribution in [0.2, 0.25) is 0 Å². The molecule has 1 aromatic carbocycles. The maximum absolute atomic E-state index is 11.7. The van der Waals surface area contributed by atoms with Crippen molar-refractivity contribution >= 4 is 17.6 Å². The minimum Gasteiger partial charge on any atom is -0.462 e. The van der Waals surface area contributed by atoms with Gasteiger partial charge in [0.1, 0.15) is 0 Å². The Balaban J connectivity index is 3.34. The second-order valence-corrected chi connectivity index (χ2v) is 3.71. The zero-order valence-corrected chi connectivity index (χ0v) is 10.7. The highest BCUT2D eigenvalue weighted by atomic mass is 35.5. The summed E-state index contributed by atoms with van der Waals surface area (Å²) in [5.41, 5.74) is 2.34. The largest absolute Gasteiger partial charge is 0.462 e. The number of carbonyl (C=O) groups excluding carboxylic acids is 1. The van der Waals surface area contributed by atoms with Crippen molar-refractivity contribution in [2.75, 3.05) is 6.61 Å². The Kier molecular flexibility index (Phi) is 4.99. The van der Waals surface area contributed by atoms with Crippen molar-refractivity contribution in [2.24, 2.45) is 0 Å². The smallest absolute Gasteiger partial charge is 0.338 e. The molecular weight excluding hydrogens is 238 g/mol. The van der Waals surface area contributed by atoms with Gasteiger partial charge in [-0.3, -0.25) is 0 Å². The van der Waals surface area contributed by atoms with Crippen LogP contribution in [-0.4, -0.2) is 12.6 Å². The lowest BCUT2D eigenvalue weighted by Gasteiger charge is -2.11. The zero-order chi connectivity index (χ0) is 12.8. The molecule has 0 fully saturated rings. The predicted octanol–water partition coefficient (Wildman–Crippen LogP) is 3.04. The molecule has 0 aliphatic heterocycles. The topological polar surface area (TPSA) is 50.1 Å². The lowest BCUT2D eigenvalue weighted by Crippen LogP contribution is -2.10. The third kappa shape index (κ3) is 2.78. The molecule has 0 atom stereocenters. The van der Waals surface area contributed by atoms with E-state index >= 15 is 0 Å². The first kappa shape index (κ1) is 13.5. The highest BCUT2D eigenvalue weighted by Gasteiger charge is 2.17. The van der Waals surface area contributed by atoms with Crippen LogP contribution in [-0.2, 0) is 17.0 Å². The number of nitriles is 1. The van der Waals surface area contributed by atoms with Crippen molar-refractivity contribution in [3.05, 3.63) is 34.4 Å². The van der Waals surface area contributed by atoms with Gasteiger partial charge in [-0.1, -0.05) is 13.0 Å². The number of aryl methyl sites for hydroxylation is 1. The van der Waals surface area contributed by atoms with E-state index in [4.69, 9.17) is 21.6 Å². The third-order valence-corrected chi connectivity index (χ3v) is 2.79. The van der Waals surface area contributed by atoms with Crippen LogP contribution in [0, 0.1) is 11.3 Å². The lowest BCUT2D eigenvalue weighted by atomic mass is 9.96. The molecule has 0 unspecified atom stereocenters. The van der Waals surface area contributed by atoms with Crippen molar-refractivity contribution in [2.45, 2.75) is 26.1 Å². The SMILES string of the molecule is CCOC(=O)c1ccc(CC)c(C#N)c1CCl. The van der Waals surface area contributed by atoms with E-state index < -0.39 is 5.97 Å². The number of alkyl halides is 1. The Morgan fingerprint density at radius 3 is 2.65 bits per heavy atom. The fraction of sp³-hybridized carbons (Fsp3) is 0.385.